The molecule has 0 spiro atoms. The van der Waals surface area contributed by atoms with Crippen molar-refractivity contribution in [3.05, 3.63) is 0 Å². The van der Waals surface area contributed by atoms with Gasteiger partial charge in [0.15, 0.2) is 0 Å². The van der Waals surface area contributed by atoms with E-state index in [4.69, 9.17) is 0 Å². The van der Waals surface area contributed by atoms with Crippen molar-refractivity contribution in [2.45, 2.75) is 57.2 Å². The fourth-order valence-electron chi connectivity index (χ4n) is 2.52. The molecule has 5 nitrogen and oxygen atoms in total. The Morgan fingerprint density at radius 3 is 2.53 bits per heavy atom. The highest BCUT2D eigenvalue weighted by Gasteiger charge is 2.42. The molecule has 2 rings (SSSR count). The topological polar surface area (TPSA) is 64.6 Å². The van der Waals surface area contributed by atoms with Crippen molar-refractivity contribution in [2.24, 2.45) is 5.92 Å². The lowest BCUT2D eigenvalue weighted by atomic mass is 9.97. The van der Waals surface area contributed by atoms with E-state index >= 15 is 0 Å². The lowest BCUT2D eigenvalue weighted by molar-refractivity contribution is 0.153. The Morgan fingerprint density at radius 1 is 1.42 bits per heavy atom. The summed E-state index contributed by atoms with van der Waals surface area (Å²) in [6, 6.07) is 0.882. The van der Waals surface area contributed by atoms with Crippen LogP contribution in [-0.4, -0.2) is 53.9 Å². The Labute approximate surface area is 115 Å². The molecule has 2 unspecified atom stereocenters. The number of hydrogen-bond acceptors (Lipinski definition) is 3. The third kappa shape index (κ3) is 3.83. The van der Waals surface area contributed by atoms with Gasteiger partial charge in [0.2, 0.25) is 0 Å². The van der Waals surface area contributed by atoms with Gasteiger partial charge in [0.1, 0.15) is 0 Å². The van der Waals surface area contributed by atoms with Crippen LogP contribution in [0.2, 0.25) is 0 Å². The second kappa shape index (κ2) is 5.67. The molecule has 2 atom stereocenters. The smallest absolute Gasteiger partial charge is 0.315 e. The van der Waals surface area contributed by atoms with E-state index in [-0.39, 0.29) is 12.6 Å². The molecular formula is C14H27N3O2. The van der Waals surface area contributed by atoms with Gasteiger partial charge in [-0.2, -0.15) is 0 Å². The molecule has 5 heteroatoms. The highest BCUT2D eigenvalue weighted by Crippen LogP contribution is 2.39. The summed E-state index contributed by atoms with van der Waals surface area (Å²) in [4.78, 5) is 14.2. The van der Waals surface area contributed by atoms with Crippen LogP contribution in [0.4, 0.5) is 4.79 Å². The lowest BCUT2D eigenvalue weighted by Crippen LogP contribution is -2.55. The second-order valence-corrected chi connectivity index (χ2v) is 6.43. The maximum Gasteiger partial charge on any atom is 0.315 e. The molecule has 2 amide bonds. The quantitative estimate of drug-likeness (QED) is 0.644. The van der Waals surface area contributed by atoms with Gasteiger partial charge in [-0.15, -0.1) is 0 Å². The third-order valence-electron chi connectivity index (χ3n) is 4.58. The first-order valence-electron chi connectivity index (χ1n) is 7.35. The Morgan fingerprint density at radius 2 is 2.05 bits per heavy atom. The SMILES string of the molecule is CC(CNC(=O)NC(C)(CO)C1CC1)N(C)C1CC1. The van der Waals surface area contributed by atoms with Crippen molar-refractivity contribution in [3.63, 3.8) is 0 Å². The number of nitrogens with zero attached hydrogens (tertiary/aromatic N) is 1. The minimum absolute atomic E-state index is 0.00260. The molecule has 2 fully saturated rings. The minimum Gasteiger partial charge on any atom is -0.394 e. The number of amides is 2. The zero-order chi connectivity index (χ0) is 14.0. The second-order valence-electron chi connectivity index (χ2n) is 6.43. The molecule has 0 saturated heterocycles. The number of rotatable bonds is 7. The van der Waals surface area contributed by atoms with E-state index in [9.17, 15) is 9.90 Å². The number of aliphatic hydroxyl groups excluding tert-OH is 1. The van der Waals surface area contributed by atoms with E-state index < -0.39 is 5.54 Å². The average Bonchev–Trinajstić information content (AvgIpc) is 3.25. The highest BCUT2D eigenvalue weighted by atomic mass is 16.3. The van der Waals surface area contributed by atoms with Crippen LogP contribution < -0.4 is 10.6 Å². The summed E-state index contributed by atoms with van der Waals surface area (Å²) in [7, 11) is 2.12. The molecule has 0 radical (unpaired) electrons. The normalized spacial score (nSPS) is 23.8. The first-order chi connectivity index (χ1) is 8.96. The van der Waals surface area contributed by atoms with Crippen LogP contribution in [0, 0.1) is 5.92 Å². The molecule has 0 aromatic heterocycles. The number of nitrogens with one attached hydrogen (secondary N) is 2. The van der Waals surface area contributed by atoms with Crippen molar-refractivity contribution in [1.82, 2.24) is 15.5 Å². The summed E-state index contributed by atoms with van der Waals surface area (Å²) in [5.41, 5.74) is -0.463. The molecule has 0 aromatic carbocycles. The summed E-state index contributed by atoms with van der Waals surface area (Å²) in [5.74, 6) is 0.426. The van der Waals surface area contributed by atoms with Crippen LogP contribution in [0.1, 0.15) is 39.5 Å². The molecule has 0 aliphatic heterocycles. The van der Waals surface area contributed by atoms with Crippen molar-refractivity contribution in [2.75, 3.05) is 20.2 Å². The van der Waals surface area contributed by atoms with Gasteiger partial charge in [0, 0.05) is 18.6 Å². The number of hydrogen-bond donors (Lipinski definition) is 3. The van der Waals surface area contributed by atoms with E-state index in [0.717, 1.165) is 12.8 Å². The first kappa shape index (κ1) is 14.6. The van der Waals surface area contributed by atoms with E-state index in [0.29, 0.717) is 24.5 Å². The standard InChI is InChI=1S/C14H27N3O2/c1-10(17(3)12-6-7-12)8-15-13(19)16-14(2,9-18)11-4-5-11/h10-12,18H,4-9H2,1-3H3,(H2,15,16,19). The van der Waals surface area contributed by atoms with Gasteiger partial charge in [0.25, 0.3) is 0 Å². The number of aliphatic hydroxyl groups is 1. The number of urea groups is 1. The van der Waals surface area contributed by atoms with E-state index in [1.54, 1.807) is 0 Å². The van der Waals surface area contributed by atoms with E-state index in [1.165, 1.54) is 12.8 Å². The zero-order valence-electron chi connectivity index (χ0n) is 12.3. The maximum absolute atomic E-state index is 11.9. The molecule has 2 aliphatic rings. The summed E-state index contributed by atoms with van der Waals surface area (Å²) in [6.07, 6.45) is 4.74. The van der Waals surface area contributed by atoms with Gasteiger partial charge in [-0.3, -0.25) is 4.90 Å². The minimum atomic E-state index is -0.463. The molecule has 0 heterocycles. The third-order valence-corrected chi connectivity index (χ3v) is 4.58. The molecule has 0 bridgehead atoms. The Kier molecular flexibility index (Phi) is 4.36. The molecule has 0 aromatic rings. The maximum atomic E-state index is 11.9. The van der Waals surface area contributed by atoms with Crippen molar-refractivity contribution in [1.29, 1.82) is 0 Å². The molecule has 110 valence electrons. The van der Waals surface area contributed by atoms with Gasteiger partial charge in [-0.05, 0) is 52.5 Å². The largest absolute Gasteiger partial charge is 0.394 e. The van der Waals surface area contributed by atoms with Crippen LogP contribution in [0.3, 0.4) is 0 Å². The molecule has 2 aliphatic carbocycles. The lowest BCUT2D eigenvalue weighted by Gasteiger charge is -2.30. The van der Waals surface area contributed by atoms with Crippen LogP contribution in [-0.2, 0) is 0 Å². The van der Waals surface area contributed by atoms with Crippen molar-refractivity contribution >= 4 is 6.03 Å². The van der Waals surface area contributed by atoms with Crippen molar-refractivity contribution in [3.8, 4) is 0 Å². The molecule has 2 saturated carbocycles. The number of carbonyl (C=O) groups excluding carboxylic acids is 1. The average molecular weight is 269 g/mol. The number of likely N-dealkylation sites (N-methyl/N-ethyl adjacent to an activating group) is 1. The van der Waals surface area contributed by atoms with E-state index in [1.807, 2.05) is 6.92 Å². The van der Waals surface area contributed by atoms with Gasteiger partial charge in [-0.25, -0.2) is 4.79 Å². The molecule has 3 N–H and O–H groups in total. The van der Waals surface area contributed by atoms with Crippen LogP contribution in [0.25, 0.3) is 0 Å². The van der Waals surface area contributed by atoms with Gasteiger partial charge in [0.05, 0.1) is 12.1 Å². The summed E-state index contributed by atoms with van der Waals surface area (Å²) < 4.78 is 0. The predicted molar refractivity (Wildman–Crippen MR) is 75.0 cm³/mol. The highest BCUT2D eigenvalue weighted by molar-refractivity contribution is 5.74. The van der Waals surface area contributed by atoms with Crippen molar-refractivity contribution < 1.29 is 9.90 Å². The fourth-order valence-corrected chi connectivity index (χ4v) is 2.52. The van der Waals surface area contributed by atoms with Gasteiger partial charge < -0.3 is 15.7 Å². The van der Waals surface area contributed by atoms with Crippen LogP contribution in [0.5, 0.6) is 0 Å². The first-order valence-corrected chi connectivity index (χ1v) is 7.35. The molecular weight excluding hydrogens is 242 g/mol. The monoisotopic (exact) mass is 269 g/mol. The zero-order valence-corrected chi connectivity index (χ0v) is 12.3. The Hall–Kier alpha value is -0.810. The Balaban J connectivity index is 1.71. The van der Waals surface area contributed by atoms with Gasteiger partial charge >= 0.3 is 6.03 Å². The Bertz CT molecular complexity index is 329. The van der Waals surface area contributed by atoms with Crippen LogP contribution in [0.15, 0.2) is 0 Å². The summed E-state index contributed by atoms with van der Waals surface area (Å²) in [6.45, 7) is 4.70. The predicted octanol–water partition coefficient (Wildman–Crippen LogP) is 0.929. The van der Waals surface area contributed by atoms with E-state index in [2.05, 4.69) is 29.5 Å². The summed E-state index contributed by atoms with van der Waals surface area (Å²) >= 11 is 0. The fraction of sp³-hybridized carbons (Fsp3) is 0.929. The van der Waals surface area contributed by atoms with Crippen LogP contribution >= 0.6 is 0 Å². The summed E-state index contributed by atoms with van der Waals surface area (Å²) in [5, 5.41) is 15.3. The molecule has 19 heavy (non-hydrogen) atoms. The van der Waals surface area contributed by atoms with Gasteiger partial charge in [-0.1, -0.05) is 0 Å². The number of carbonyl (C=O) groups is 1.